The van der Waals surface area contributed by atoms with E-state index in [9.17, 15) is 0 Å². The van der Waals surface area contributed by atoms with Gasteiger partial charge in [0.15, 0.2) is 0 Å². The van der Waals surface area contributed by atoms with Gasteiger partial charge in [0.05, 0.1) is 6.10 Å². The maximum atomic E-state index is 5.69. The molecule has 4 unspecified atom stereocenters. The van der Waals surface area contributed by atoms with Crippen molar-refractivity contribution < 1.29 is 4.74 Å². The van der Waals surface area contributed by atoms with Gasteiger partial charge in [0.25, 0.3) is 0 Å². The number of ether oxygens (including phenoxy) is 1. The van der Waals surface area contributed by atoms with Crippen molar-refractivity contribution in [2.24, 2.45) is 11.8 Å². The second-order valence-electron chi connectivity index (χ2n) is 6.64. The highest BCUT2D eigenvalue weighted by atomic mass is 16.5. The first kappa shape index (κ1) is 15.4. The zero-order chi connectivity index (χ0) is 14.7. The van der Waals surface area contributed by atoms with E-state index in [4.69, 9.17) is 4.74 Å². The van der Waals surface area contributed by atoms with Crippen molar-refractivity contribution in [1.82, 2.24) is 5.32 Å². The molecule has 1 aliphatic carbocycles. The molecule has 2 rings (SSSR count). The Morgan fingerprint density at radius 2 is 1.70 bits per heavy atom. The average Bonchev–Trinajstić information content (AvgIpc) is 2.71. The Hall–Kier alpha value is -1.02. The summed E-state index contributed by atoms with van der Waals surface area (Å²) in [4.78, 5) is 0. The Morgan fingerprint density at radius 1 is 1.05 bits per heavy atom. The lowest BCUT2D eigenvalue weighted by molar-refractivity contribution is 0.242. The molecule has 1 aliphatic rings. The van der Waals surface area contributed by atoms with Gasteiger partial charge in [0.2, 0.25) is 0 Å². The SMILES string of the molecule is CC(C)Oc1ccc(C(C)NC2CCC(C)C2C)cc1. The molecule has 4 atom stereocenters. The molecule has 1 aromatic carbocycles. The fraction of sp³-hybridized carbons (Fsp3) is 0.667. The zero-order valence-electron chi connectivity index (χ0n) is 13.5. The van der Waals surface area contributed by atoms with Gasteiger partial charge in [-0.25, -0.2) is 0 Å². The van der Waals surface area contributed by atoms with Gasteiger partial charge in [0.1, 0.15) is 5.75 Å². The van der Waals surface area contributed by atoms with Gasteiger partial charge in [-0.05, 0) is 63.1 Å². The predicted molar refractivity (Wildman–Crippen MR) is 85.1 cm³/mol. The molecule has 1 saturated carbocycles. The van der Waals surface area contributed by atoms with Gasteiger partial charge in [-0.2, -0.15) is 0 Å². The summed E-state index contributed by atoms with van der Waals surface area (Å²) in [5.74, 6) is 2.58. The highest BCUT2D eigenvalue weighted by Crippen LogP contribution is 2.32. The summed E-state index contributed by atoms with van der Waals surface area (Å²) >= 11 is 0. The van der Waals surface area contributed by atoms with Crippen molar-refractivity contribution in [1.29, 1.82) is 0 Å². The van der Waals surface area contributed by atoms with Crippen molar-refractivity contribution in [2.75, 3.05) is 0 Å². The van der Waals surface area contributed by atoms with Crippen LogP contribution in [0.2, 0.25) is 0 Å². The summed E-state index contributed by atoms with van der Waals surface area (Å²) < 4.78 is 5.69. The summed E-state index contributed by atoms with van der Waals surface area (Å²) in [6.45, 7) is 11.1. The lowest BCUT2D eigenvalue weighted by atomic mass is 9.96. The second-order valence-corrected chi connectivity index (χ2v) is 6.64. The first-order valence-corrected chi connectivity index (χ1v) is 8.00. The Balaban J connectivity index is 1.94. The molecule has 112 valence electrons. The molecule has 0 heterocycles. The molecule has 0 aliphatic heterocycles. The predicted octanol–water partition coefficient (Wildman–Crippen LogP) is 4.56. The van der Waals surface area contributed by atoms with Crippen LogP contribution in [0.25, 0.3) is 0 Å². The van der Waals surface area contributed by atoms with Gasteiger partial charge in [-0.15, -0.1) is 0 Å². The molecule has 2 heteroatoms. The minimum atomic E-state index is 0.234. The summed E-state index contributed by atoms with van der Waals surface area (Å²) in [7, 11) is 0. The van der Waals surface area contributed by atoms with Crippen LogP contribution in [0.4, 0.5) is 0 Å². The van der Waals surface area contributed by atoms with Crippen LogP contribution in [0, 0.1) is 11.8 Å². The van der Waals surface area contributed by atoms with Crippen LogP contribution in [-0.2, 0) is 0 Å². The van der Waals surface area contributed by atoms with E-state index in [0.29, 0.717) is 12.1 Å². The Labute approximate surface area is 123 Å². The van der Waals surface area contributed by atoms with Crippen LogP contribution >= 0.6 is 0 Å². The number of benzene rings is 1. The Bertz CT molecular complexity index is 412. The molecule has 1 N–H and O–H groups in total. The molecule has 0 amide bonds. The molecule has 0 spiro atoms. The first-order valence-electron chi connectivity index (χ1n) is 8.00. The fourth-order valence-corrected chi connectivity index (χ4v) is 3.12. The highest BCUT2D eigenvalue weighted by Gasteiger charge is 2.30. The topological polar surface area (TPSA) is 21.3 Å². The van der Waals surface area contributed by atoms with Gasteiger partial charge in [-0.3, -0.25) is 0 Å². The lowest BCUT2D eigenvalue weighted by Crippen LogP contribution is -2.34. The van der Waals surface area contributed by atoms with E-state index in [-0.39, 0.29) is 6.10 Å². The minimum Gasteiger partial charge on any atom is -0.491 e. The van der Waals surface area contributed by atoms with E-state index in [1.54, 1.807) is 0 Å². The smallest absolute Gasteiger partial charge is 0.119 e. The molecule has 20 heavy (non-hydrogen) atoms. The van der Waals surface area contributed by atoms with Crippen LogP contribution in [0.15, 0.2) is 24.3 Å². The van der Waals surface area contributed by atoms with Crippen LogP contribution in [0.5, 0.6) is 5.75 Å². The largest absolute Gasteiger partial charge is 0.491 e. The van der Waals surface area contributed by atoms with Gasteiger partial charge >= 0.3 is 0 Å². The first-order chi connectivity index (χ1) is 9.47. The summed E-state index contributed by atoms with van der Waals surface area (Å²) in [6.07, 6.45) is 2.89. The maximum Gasteiger partial charge on any atom is 0.119 e. The van der Waals surface area contributed by atoms with Crippen molar-refractivity contribution in [3.63, 3.8) is 0 Å². The van der Waals surface area contributed by atoms with E-state index in [1.807, 2.05) is 0 Å². The Morgan fingerprint density at radius 3 is 2.20 bits per heavy atom. The van der Waals surface area contributed by atoms with Crippen LogP contribution < -0.4 is 10.1 Å². The van der Waals surface area contributed by atoms with Crippen LogP contribution in [0.3, 0.4) is 0 Å². The quantitative estimate of drug-likeness (QED) is 0.850. The summed E-state index contributed by atoms with van der Waals surface area (Å²) in [6, 6.07) is 9.58. The molecule has 0 aromatic heterocycles. The van der Waals surface area contributed by atoms with Gasteiger partial charge in [0, 0.05) is 12.1 Å². The van der Waals surface area contributed by atoms with Crippen molar-refractivity contribution in [3.05, 3.63) is 29.8 Å². The molecule has 1 fully saturated rings. The van der Waals surface area contributed by atoms with Gasteiger partial charge in [-0.1, -0.05) is 26.0 Å². The Kier molecular flexibility index (Phi) is 5.09. The van der Waals surface area contributed by atoms with E-state index in [0.717, 1.165) is 17.6 Å². The molecule has 0 bridgehead atoms. The molecule has 1 aromatic rings. The van der Waals surface area contributed by atoms with E-state index in [1.165, 1.54) is 18.4 Å². The fourth-order valence-electron chi connectivity index (χ4n) is 3.12. The van der Waals surface area contributed by atoms with Crippen molar-refractivity contribution >= 4 is 0 Å². The molecular weight excluding hydrogens is 246 g/mol. The average molecular weight is 275 g/mol. The van der Waals surface area contributed by atoms with Crippen LogP contribution in [-0.4, -0.2) is 12.1 Å². The third-order valence-electron chi connectivity index (χ3n) is 4.68. The monoisotopic (exact) mass is 275 g/mol. The number of hydrogen-bond donors (Lipinski definition) is 1. The van der Waals surface area contributed by atoms with Crippen LogP contribution in [0.1, 0.15) is 59.1 Å². The van der Waals surface area contributed by atoms with Gasteiger partial charge < -0.3 is 10.1 Å². The molecular formula is C18H29NO. The summed E-state index contributed by atoms with van der Waals surface area (Å²) in [5, 5.41) is 3.79. The minimum absolute atomic E-state index is 0.234. The number of rotatable bonds is 5. The highest BCUT2D eigenvalue weighted by molar-refractivity contribution is 5.29. The number of hydrogen-bond acceptors (Lipinski definition) is 2. The van der Waals surface area contributed by atoms with E-state index >= 15 is 0 Å². The maximum absolute atomic E-state index is 5.69. The molecule has 0 radical (unpaired) electrons. The molecule has 0 saturated heterocycles. The lowest BCUT2D eigenvalue weighted by Gasteiger charge is -2.24. The third kappa shape index (κ3) is 3.76. The van der Waals surface area contributed by atoms with Crippen molar-refractivity contribution in [3.8, 4) is 5.75 Å². The number of nitrogens with one attached hydrogen (secondary N) is 1. The van der Waals surface area contributed by atoms with Crippen molar-refractivity contribution in [2.45, 2.75) is 65.6 Å². The second kappa shape index (κ2) is 6.62. The standard InChI is InChI=1S/C18H29NO/c1-12(2)20-17-9-7-16(8-10-17)15(5)19-18-11-6-13(3)14(18)4/h7-10,12-15,18-19H,6,11H2,1-5H3. The third-order valence-corrected chi connectivity index (χ3v) is 4.68. The zero-order valence-corrected chi connectivity index (χ0v) is 13.5. The van der Waals surface area contributed by atoms with E-state index in [2.05, 4.69) is 64.2 Å². The normalized spacial score (nSPS) is 27.8. The molecule has 2 nitrogen and oxygen atoms in total. The van der Waals surface area contributed by atoms with E-state index < -0.39 is 0 Å². The summed E-state index contributed by atoms with van der Waals surface area (Å²) in [5.41, 5.74) is 1.34.